The van der Waals surface area contributed by atoms with E-state index >= 15 is 0 Å². The van der Waals surface area contributed by atoms with Crippen molar-refractivity contribution in [1.29, 1.82) is 0 Å². The molecule has 27 heavy (non-hydrogen) atoms. The second-order valence-electron chi connectivity index (χ2n) is 7.45. The smallest absolute Gasteiger partial charge is 0.271 e. The van der Waals surface area contributed by atoms with Crippen molar-refractivity contribution in [3.8, 4) is 0 Å². The summed E-state index contributed by atoms with van der Waals surface area (Å²) < 4.78 is 5.72. The van der Waals surface area contributed by atoms with E-state index in [2.05, 4.69) is 9.88 Å². The number of nitrogens with zero attached hydrogens (tertiary/aromatic N) is 4. The highest BCUT2D eigenvalue weighted by Gasteiger charge is 2.28. The van der Waals surface area contributed by atoms with E-state index < -0.39 is 4.92 Å². The molecule has 0 unspecified atom stereocenters. The van der Waals surface area contributed by atoms with Gasteiger partial charge in [-0.15, -0.1) is 0 Å². The van der Waals surface area contributed by atoms with Crippen molar-refractivity contribution >= 4 is 22.7 Å². The zero-order chi connectivity index (χ0) is 18.8. The van der Waals surface area contributed by atoms with Crippen LogP contribution in [0, 0.1) is 16.0 Å². The quantitative estimate of drug-likeness (QED) is 0.605. The number of piperazine rings is 1. The number of nitro groups is 1. The first kappa shape index (κ1) is 17.9. The summed E-state index contributed by atoms with van der Waals surface area (Å²) in [4.78, 5) is 31.7. The van der Waals surface area contributed by atoms with Gasteiger partial charge in [-0.3, -0.25) is 19.8 Å². The Hall–Kier alpha value is -2.48. The third kappa shape index (κ3) is 3.95. The molecule has 2 fully saturated rings. The third-order valence-electron chi connectivity index (χ3n) is 5.62. The standard InChI is InChI=1S/C19H24N4O4/c24-19(14-4-2-1-3-5-14)22-10-8-21(9-11-22)13-18-20-16-12-15(23(25)26)6-7-17(16)27-18/h6-7,12,14H,1-5,8-11,13H2. The van der Waals surface area contributed by atoms with Crippen LogP contribution >= 0.6 is 0 Å². The molecular formula is C19H24N4O4. The van der Waals surface area contributed by atoms with E-state index in [4.69, 9.17) is 4.42 Å². The summed E-state index contributed by atoms with van der Waals surface area (Å²) in [6.45, 7) is 3.60. The molecule has 0 atom stereocenters. The molecule has 8 nitrogen and oxygen atoms in total. The summed E-state index contributed by atoms with van der Waals surface area (Å²) in [5.74, 6) is 1.10. The lowest BCUT2D eigenvalue weighted by Crippen LogP contribution is -2.50. The van der Waals surface area contributed by atoms with Gasteiger partial charge in [0.05, 0.1) is 11.5 Å². The minimum absolute atomic E-state index is 0.0113. The van der Waals surface area contributed by atoms with E-state index in [-0.39, 0.29) is 11.6 Å². The number of nitro benzene ring substituents is 1. The molecule has 0 bridgehead atoms. The molecule has 1 amide bonds. The normalized spacial score (nSPS) is 19.5. The predicted molar refractivity (Wildman–Crippen MR) is 99.1 cm³/mol. The first-order valence-electron chi connectivity index (χ1n) is 9.65. The fourth-order valence-electron chi connectivity index (χ4n) is 4.07. The van der Waals surface area contributed by atoms with Gasteiger partial charge in [-0.1, -0.05) is 19.3 Å². The van der Waals surface area contributed by atoms with Crippen LogP contribution in [-0.4, -0.2) is 51.8 Å². The maximum atomic E-state index is 12.6. The minimum Gasteiger partial charge on any atom is -0.439 e. The molecule has 1 aliphatic heterocycles. The molecule has 8 heteroatoms. The maximum absolute atomic E-state index is 12.6. The highest BCUT2D eigenvalue weighted by molar-refractivity contribution is 5.79. The number of aromatic nitrogens is 1. The number of hydrogen-bond acceptors (Lipinski definition) is 6. The largest absolute Gasteiger partial charge is 0.439 e. The molecule has 1 aromatic heterocycles. The Kier molecular flexibility index (Phi) is 5.07. The Bertz CT molecular complexity index is 835. The number of amides is 1. The molecule has 1 aliphatic carbocycles. The molecule has 2 heterocycles. The highest BCUT2D eigenvalue weighted by atomic mass is 16.6. The molecule has 2 aromatic rings. The van der Waals surface area contributed by atoms with Crippen molar-refractivity contribution in [2.75, 3.05) is 26.2 Å². The number of fused-ring (bicyclic) bond motifs is 1. The summed E-state index contributed by atoms with van der Waals surface area (Å²) >= 11 is 0. The lowest BCUT2D eigenvalue weighted by molar-refractivity contribution is -0.384. The van der Waals surface area contributed by atoms with Gasteiger partial charge in [-0.2, -0.15) is 0 Å². The van der Waals surface area contributed by atoms with Crippen LogP contribution in [-0.2, 0) is 11.3 Å². The van der Waals surface area contributed by atoms with Crippen molar-refractivity contribution in [2.24, 2.45) is 5.92 Å². The van der Waals surface area contributed by atoms with E-state index in [1.807, 2.05) is 4.90 Å². The lowest BCUT2D eigenvalue weighted by atomic mass is 9.88. The summed E-state index contributed by atoms with van der Waals surface area (Å²) in [5, 5.41) is 10.9. The summed E-state index contributed by atoms with van der Waals surface area (Å²) in [6.07, 6.45) is 5.67. The number of benzene rings is 1. The van der Waals surface area contributed by atoms with Crippen LogP contribution in [0.3, 0.4) is 0 Å². The zero-order valence-electron chi connectivity index (χ0n) is 15.3. The lowest BCUT2D eigenvalue weighted by Gasteiger charge is -2.36. The number of carbonyl (C=O) groups excluding carboxylic acids is 1. The molecular weight excluding hydrogens is 348 g/mol. The van der Waals surface area contributed by atoms with Crippen LogP contribution < -0.4 is 0 Å². The van der Waals surface area contributed by atoms with Crippen LogP contribution in [0.2, 0.25) is 0 Å². The molecule has 1 aromatic carbocycles. The third-order valence-corrected chi connectivity index (χ3v) is 5.62. The number of rotatable bonds is 4. The summed E-state index contributed by atoms with van der Waals surface area (Å²) in [7, 11) is 0. The van der Waals surface area contributed by atoms with Crippen LogP contribution in [0.25, 0.3) is 11.1 Å². The SMILES string of the molecule is O=C(C1CCCCC1)N1CCN(Cc2nc3cc([N+](=O)[O-])ccc3o2)CC1. The molecule has 1 saturated heterocycles. The van der Waals surface area contributed by atoms with Crippen LogP contribution in [0.15, 0.2) is 22.6 Å². The average Bonchev–Trinajstić information content (AvgIpc) is 3.10. The maximum Gasteiger partial charge on any atom is 0.271 e. The van der Waals surface area contributed by atoms with Gasteiger partial charge in [0.1, 0.15) is 5.52 Å². The van der Waals surface area contributed by atoms with Gasteiger partial charge < -0.3 is 9.32 Å². The van der Waals surface area contributed by atoms with Crippen molar-refractivity contribution < 1.29 is 14.1 Å². The molecule has 0 spiro atoms. The molecule has 0 radical (unpaired) electrons. The number of non-ortho nitro benzene ring substituents is 1. The summed E-state index contributed by atoms with van der Waals surface area (Å²) in [5.41, 5.74) is 1.07. The van der Waals surface area contributed by atoms with Gasteiger partial charge in [-0.05, 0) is 18.9 Å². The van der Waals surface area contributed by atoms with Crippen LogP contribution in [0.1, 0.15) is 38.0 Å². The minimum atomic E-state index is -0.434. The van der Waals surface area contributed by atoms with Crippen molar-refractivity contribution in [1.82, 2.24) is 14.8 Å². The molecule has 1 saturated carbocycles. The number of oxazole rings is 1. The Morgan fingerprint density at radius 2 is 1.93 bits per heavy atom. The van der Waals surface area contributed by atoms with Crippen molar-refractivity contribution in [3.05, 3.63) is 34.2 Å². The van der Waals surface area contributed by atoms with E-state index in [0.717, 1.165) is 39.0 Å². The fourth-order valence-corrected chi connectivity index (χ4v) is 4.07. The summed E-state index contributed by atoms with van der Waals surface area (Å²) in [6, 6.07) is 4.45. The monoisotopic (exact) mass is 372 g/mol. The second-order valence-corrected chi connectivity index (χ2v) is 7.45. The second kappa shape index (κ2) is 7.64. The van der Waals surface area contributed by atoms with Crippen molar-refractivity contribution in [2.45, 2.75) is 38.6 Å². The van der Waals surface area contributed by atoms with E-state index in [1.54, 1.807) is 6.07 Å². The fraction of sp³-hybridized carbons (Fsp3) is 0.579. The Balaban J connectivity index is 1.34. The van der Waals surface area contributed by atoms with Crippen molar-refractivity contribution in [3.63, 3.8) is 0 Å². The first-order valence-corrected chi connectivity index (χ1v) is 9.65. The van der Waals surface area contributed by atoms with Gasteiger partial charge in [-0.25, -0.2) is 4.98 Å². The predicted octanol–water partition coefficient (Wildman–Crippen LogP) is 2.96. The van der Waals surface area contributed by atoms with E-state index in [9.17, 15) is 14.9 Å². The van der Waals surface area contributed by atoms with Crippen LogP contribution in [0.4, 0.5) is 5.69 Å². The molecule has 0 N–H and O–H groups in total. The molecule has 4 rings (SSSR count). The Morgan fingerprint density at radius 1 is 1.19 bits per heavy atom. The van der Waals surface area contributed by atoms with Gasteiger partial charge >= 0.3 is 0 Å². The number of hydrogen-bond donors (Lipinski definition) is 0. The topological polar surface area (TPSA) is 92.7 Å². The van der Waals surface area contributed by atoms with Gasteiger partial charge in [0.25, 0.3) is 5.69 Å². The van der Waals surface area contributed by atoms with E-state index in [0.29, 0.717) is 29.4 Å². The molecule has 144 valence electrons. The van der Waals surface area contributed by atoms with Gasteiger partial charge in [0.15, 0.2) is 5.58 Å². The highest BCUT2D eigenvalue weighted by Crippen LogP contribution is 2.26. The Labute approximate surface area is 157 Å². The van der Waals surface area contributed by atoms with E-state index in [1.165, 1.54) is 31.4 Å². The zero-order valence-corrected chi connectivity index (χ0v) is 15.3. The van der Waals surface area contributed by atoms with Gasteiger partial charge in [0, 0.05) is 44.2 Å². The molecule has 2 aliphatic rings. The van der Waals surface area contributed by atoms with Crippen LogP contribution in [0.5, 0.6) is 0 Å². The first-order chi connectivity index (χ1) is 13.1. The Morgan fingerprint density at radius 3 is 2.63 bits per heavy atom. The van der Waals surface area contributed by atoms with Gasteiger partial charge in [0.2, 0.25) is 11.8 Å². The number of carbonyl (C=O) groups is 1. The average molecular weight is 372 g/mol.